The highest BCUT2D eigenvalue weighted by Gasteiger charge is 2.46. The van der Waals surface area contributed by atoms with E-state index in [0.717, 1.165) is 5.75 Å². The van der Waals surface area contributed by atoms with Crippen LogP contribution in [0, 0.1) is 0 Å². The first-order valence-electron chi connectivity index (χ1n) is 5.70. The van der Waals surface area contributed by atoms with Crippen molar-refractivity contribution >= 4 is 23.6 Å². The number of nitrogens with zero attached hydrogens (tertiary/aromatic N) is 1. The summed E-state index contributed by atoms with van der Waals surface area (Å²) in [4.78, 5) is 25.6. The SMILES string of the molecule is CCC1(CC)C(=O)NCC(=O)N1CCSC. The normalized spacial score (nSPS) is 19.8. The van der Waals surface area contributed by atoms with Gasteiger partial charge in [0.1, 0.15) is 5.54 Å². The number of piperazine rings is 1. The number of thioether (sulfide) groups is 1. The second kappa shape index (κ2) is 5.57. The van der Waals surface area contributed by atoms with Crippen molar-refractivity contribution in [1.82, 2.24) is 10.2 Å². The largest absolute Gasteiger partial charge is 0.345 e. The third-order valence-corrected chi connectivity index (χ3v) is 3.92. The van der Waals surface area contributed by atoms with E-state index in [1.54, 1.807) is 16.7 Å². The molecule has 1 saturated heterocycles. The maximum absolute atomic E-state index is 12.0. The molecule has 0 unspecified atom stereocenters. The van der Waals surface area contributed by atoms with Crippen molar-refractivity contribution < 1.29 is 9.59 Å². The van der Waals surface area contributed by atoms with Crippen LogP contribution in [0.25, 0.3) is 0 Å². The van der Waals surface area contributed by atoms with Crippen LogP contribution in [0.2, 0.25) is 0 Å². The molecular weight excluding hydrogens is 224 g/mol. The Labute approximate surface area is 101 Å². The summed E-state index contributed by atoms with van der Waals surface area (Å²) < 4.78 is 0. The third-order valence-electron chi connectivity index (χ3n) is 3.33. The first-order chi connectivity index (χ1) is 7.62. The number of carbonyl (C=O) groups excluding carboxylic acids is 2. The zero-order chi connectivity index (χ0) is 12.2. The Morgan fingerprint density at radius 1 is 1.38 bits per heavy atom. The molecule has 0 aromatic heterocycles. The van der Waals surface area contributed by atoms with Crippen LogP contribution in [0.1, 0.15) is 26.7 Å². The van der Waals surface area contributed by atoms with E-state index < -0.39 is 5.54 Å². The molecule has 0 bridgehead atoms. The van der Waals surface area contributed by atoms with Gasteiger partial charge in [-0.05, 0) is 19.1 Å². The van der Waals surface area contributed by atoms with Gasteiger partial charge in [0, 0.05) is 12.3 Å². The van der Waals surface area contributed by atoms with Crippen LogP contribution >= 0.6 is 11.8 Å². The van der Waals surface area contributed by atoms with E-state index in [-0.39, 0.29) is 18.4 Å². The van der Waals surface area contributed by atoms with E-state index in [0.29, 0.717) is 19.4 Å². The molecule has 0 aliphatic carbocycles. The van der Waals surface area contributed by atoms with E-state index >= 15 is 0 Å². The smallest absolute Gasteiger partial charge is 0.246 e. The van der Waals surface area contributed by atoms with Crippen molar-refractivity contribution in [1.29, 1.82) is 0 Å². The minimum absolute atomic E-state index is 0.00166. The summed E-state index contributed by atoms with van der Waals surface area (Å²) in [6.07, 6.45) is 3.36. The van der Waals surface area contributed by atoms with Gasteiger partial charge in [0.05, 0.1) is 6.54 Å². The van der Waals surface area contributed by atoms with Gasteiger partial charge >= 0.3 is 0 Å². The molecule has 4 nitrogen and oxygen atoms in total. The zero-order valence-corrected chi connectivity index (χ0v) is 11.0. The highest BCUT2D eigenvalue weighted by Crippen LogP contribution is 2.27. The van der Waals surface area contributed by atoms with Gasteiger partial charge in [-0.25, -0.2) is 0 Å². The quantitative estimate of drug-likeness (QED) is 0.780. The Bertz CT molecular complexity index is 277. The summed E-state index contributed by atoms with van der Waals surface area (Å²) in [5.74, 6) is 0.913. The lowest BCUT2D eigenvalue weighted by molar-refractivity contribution is -0.154. The lowest BCUT2D eigenvalue weighted by Crippen LogP contribution is -2.67. The van der Waals surface area contributed by atoms with Crippen molar-refractivity contribution in [2.45, 2.75) is 32.2 Å². The van der Waals surface area contributed by atoms with E-state index in [4.69, 9.17) is 0 Å². The molecule has 0 saturated carbocycles. The molecule has 1 N–H and O–H groups in total. The molecule has 0 aromatic rings. The molecule has 1 aliphatic rings. The fourth-order valence-electron chi connectivity index (χ4n) is 2.25. The van der Waals surface area contributed by atoms with Crippen LogP contribution in [0.5, 0.6) is 0 Å². The summed E-state index contributed by atoms with van der Waals surface area (Å²) in [7, 11) is 0. The fourth-order valence-corrected chi connectivity index (χ4v) is 2.62. The predicted octanol–water partition coefficient (Wildman–Crippen LogP) is 0.867. The first-order valence-corrected chi connectivity index (χ1v) is 7.09. The lowest BCUT2D eigenvalue weighted by Gasteiger charge is -2.45. The van der Waals surface area contributed by atoms with E-state index in [1.807, 2.05) is 20.1 Å². The van der Waals surface area contributed by atoms with Crippen molar-refractivity contribution in [2.24, 2.45) is 0 Å². The molecule has 0 radical (unpaired) electrons. The Hall–Kier alpha value is -0.710. The van der Waals surface area contributed by atoms with Crippen LogP contribution in [0.15, 0.2) is 0 Å². The monoisotopic (exact) mass is 244 g/mol. The number of rotatable bonds is 5. The van der Waals surface area contributed by atoms with E-state index in [2.05, 4.69) is 5.32 Å². The number of nitrogens with one attached hydrogen (secondary N) is 1. The Kier molecular flexibility index (Phi) is 4.65. The van der Waals surface area contributed by atoms with Gasteiger partial charge in [-0.15, -0.1) is 0 Å². The Morgan fingerprint density at radius 2 is 2.00 bits per heavy atom. The number of hydrogen-bond acceptors (Lipinski definition) is 3. The first kappa shape index (κ1) is 13.4. The van der Waals surface area contributed by atoms with Crippen LogP contribution in [0.4, 0.5) is 0 Å². The van der Waals surface area contributed by atoms with Crippen molar-refractivity contribution in [2.75, 3.05) is 25.1 Å². The molecule has 2 amide bonds. The van der Waals surface area contributed by atoms with Gasteiger partial charge in [0.2, 0.25) is 11.8 Å². The molecule has 1 rings (SSSR count). The Balaban J connectivity index is 2.93. The highest BCUT2D eigenvalue weighted by molar-refractivity contribution is 7.98. The molecule has 1 heterocycles. The molecule has 0 spiro atoms. The van der Waals surface area contributed by atoms with Crippen molar-refractivity contribution in [3.63, 3.8) is 0 Å². The van der Waals surface area contributed by atoms with Gasteiger partial charge in [-0.1, -0.05) is 13.8 Å². The molecular formula is C11H20N2O2S. The summed E-state index contributed by atoms with van der Waals surface area (Å²) in [6.45, 7) is 4.74. The maximum atomic E-state index is 12.0. The fraction of sp³-hybridized carbons (Fsp3) is 0.818. The van der Waals surface area contributed by atoms with Gasteiger partial charge < -0.3 is 10.2 Å². The third kappa shape index (κ3) is 2.19. The summed E-state index contributed by atoms with van der Waals surface area (Å²) in [6, 6.07) is 0. The summed E-state index contributed by atoms with van der Waals surface area (Å²) in [5, 5.41) is 2.69. The second-order valence-corrected chi connectivity index (χ2v) is 4.95. The molecule has 0 aromatic carbocycles. The summed E-state index contributed by atoms with van der Waals surface area (Å²) in [5.41, 5.74) is -0.620. The lowest BCUT2D eigenvalue weighted by atomic mass is 9.87. The zero-order valence-electron chi connectivity index (χ0n) is 10.2. The number of amides is 2. The second-order valence-electron chi connectivity index (χ2n) is 3.96. The molecule has 1 aliphatic heterocycles. The van der Waals surface area contributed by atoms with E-state index in [1.165, 1.54) is 0 Å². The van der Waals surface area contributed by atoms with Crippen LogP contribution in [-0.4, -0.2) is 47.4 Å². The van der Waals surface area contributed by atoms with Crippen molar-refractivity contribution in [3.05, 3.63) is 0 Å². The maximum Gasteiger partial charge on any atom is 0.246 e. The minimum Gasteiger partial charge on any atom is -0.345 e. The topological polar surface area (TPSA) is 49.4 Å². The minimum atomic E-state index is -0.620. The molecule has 0 atom stereocenters. The van der Waals surface area contributed by atoms with Gasteiger partial charge in [0.15, 0.2) is 0 Å². The van der Waals surface area contributed by atoms with Gasteiger partial charge in [0.25, 0.3) is 0 Å². The van der Waals surface area contributed by atoms with E-state index in [9.17, 15) is 9.59 Å². The average Bonchev–Trinajstić information content (AvgIpc) is 2.30. The van der Waals surface area contributed by atoms with Crippen LogP contribution in [0.3, 0.4) is 0 Å². The number of carbonyl (C=O) groups is 2. The summed E-state index contributed by atoms with van der Waals surface area (Å²) >= 11 is 1.69. The number of hydrogen-bond donors (Lipinski definition) is 1. The van der Waals surface area contributed by atoms with Crippen LogP contribution < -0.4 is 5.32 Å². The van der Waals surface area contributed by atoms with Gasteiger partial charge in [-0.2, -0.15) is 11.8 Å². The molecule has 1 fully saturated rings. The van der Waals surface area contributed by atoms with Crippen molar-refractivity contribution in [3.8, 4) is 0 Å². The van der Waals surface area contributed by atoms with Gasteiger partial charge in [-0.3, -0.25) is 9.59 Å². The molecule has 16 heavy (non-hydrogen) atoms. The molecule has 5 heteroatoms. The Morgan fingerprint density at radius 3 is 2.50 bits per heavy atom. The van der Waals surface area contributed by atoms with Crippen LogP contribution in [-0.2, 0) is 9.59 Å². The highest BCUT2D eigenvalue weighted by atomic mass is 32.2. The standard InChI is InChI=1S/C11H20N2O2S/c1-4-11(5-2)10(15)12-8-9(14)13(11)6-7-16-3/h4-8H2,1-3H3,(H,12,15). The average molecular weight is 244 g/mol. The predicted molar refractivity (Wildman–Crippen MR) is 66.4 cm³/mol. The molecule has 92 valence electrons.